The summed E-state index contributed by atoms with van der Waals surface area (Å²) in [7, 11) is -3.32. The molecule has 1 amide bonds. The van der Waals surface area contributed by atoms with E-state index < -0.39 is 16.0 Å². The highest BCUT2D eigenvalue weighted by Crippen LogP contribution is 2.24. The Bertz CT molecular complexity index is 785. The number of nitrogens with zero attached hydrogens (tertiary/aromatic N) is 1. The van der Waals surface area contributed by atoms with Crippen LogP contribution < -0.4 is 4.72 Å². The number of esters is 1. The number of H-pyrrole nitrogens is 1. The lowest BCUT2D eigenvalue weighted by atomic mass is 10.0. The summed E-state index contributed by atoms with van der Waals surface area (Å²) < 4.78 is 30.3. The predicted octanol–water partition coefficient (Wildman–Crippen LogP) is 1.35. The van der Waals surface area contributed by atoms with Crippen molar-refractivity contribution in [2.45, 2.75) is 46.1 Å². The summed E-state index contributed by atoms with van der Waals surface area (Å²) in [5, 5.41) is 0. The van der Waals surface area contributed by atoms with E-state index in [2.05, 4.69) is 9.71 Å². The van der Waals surface area contributed by atoms with Crippen LogP contribution in [0.25, 0.3) is 0 Å². The maximum absolute atomic E-state index is 13.1. The van der Waals surface area contributed by atoms with Crippen LogP contribution in [0, 0.1) is 13.8 Å². The summed E-state index contributed by atoms with van der Waals surface area (Å²) in [6.07, 6.45) is 3.64. The van der Waals surface area contributed by atoms with E-state index in [1.165, 1.54) is 0 Å². The van der Waals surface area contributed by atoms with Gasteiger partial charge in [-0.2, -0.15) is 0 Å². The summed E-state index contributed by atoms with van der Waals surface area (Å²) in [6.45, 7) is 6.19. The molecular formula is C17H27N3O5S. The van der Waals surface area contributed by atoms with Crippen LogP contribution in [-0.2, 0) is 14.8 Å². The number of amides is 1. The van der Waals surface area contributed by atoms with Gasteiger partial charge in [-0.05, 0) is 45.6 Å². The Balaban J connectivity index is 2.26. The molecule has 1 fully saturated rings. The minimum atomic E-state index is -3.32. The van der Waals surface area contributed by atoms with Crippen molar-refractivity contribution in [3.05, 3.63) is 22.5 Å². The number of likely N-dealkylation sites (tertiary alicyclic amines) is 1. The molecule has 0 radical (unpaired) electrons. The Morgan fingerprint density at radius 3 is 2.62 bits per heavy atom. The zero-order valence-electron chi connectivity index (χ0n) is 15.7. The van der Waals surface area contributed by atoms with E-state index in [1.54, 1.807) is 25.7 Å². The minimum absolute atomic E-state index is 0.189. The van der Waals surface area contributed by atoms with Gasteiger partial charge in [0.05, 0.1) is 18.4 Å². The minimum Gasteiger partial charge on any atom is -0.462 e. The third-order valence-electron chi connectivity index (χ3n) is 4.60. The van der Waals surface area contributed by atoms with Crippen LogP contribution in [-0.4, -0.2) is 62.2 Å². The summed E-state index contributed by atoms with van der Waals surface area (Å²) in [5.41, 5.74) is 1.90. The monoisotopic (exact) mass is 385 g/mol. The highest BCUT2D eigenvalue weighted by atomic mass is 32.2. The molecule has 0 saturated carbocycles. The topological polar surface area (TPSA) is 109 Å². The van der Waals surface area contributed by atoms with E-state index in [-0.39, 0.29) is 25.1 Å². The first-order chi connectivity index (χ1) is 12.2. The molecule has 8 nitrogen and oxygen atoms in total. The molecule has 1 unspecified atom stereocenters. The standard InChI is InChI=1S/C17H27N3O5S/c1-5-25-17(22)14-11(2)15(19-12(14)3)16(21)20-9-7-6-8-13(20)10-18-26(4,23)24/h13,18-19H,5-10H2,1-4H3. The second-order valence-electron chi connectivity index (χ2n) is 6.61. The number of aryl methyl sites for hydroxylation is 1. The number of hydrogen-bond donors (Lipinski definition) is 2. The van der Waals surface area contributed by atoms with Gasteiger partial charge < -0.3 is 14.6 Å². The molecule has 1 aliphatic heterocycles. The van der Waals surface area contributed by atoms with Crippen LogP contribution >= 0.6 is 0 Å². The summed E-state index contributed by atoms with van der Waals surface area (Å²) in [4.78, 5) is 29.9. The average molecular weight is 385 g/mol. The van der Waals surface area contributed by atoms with Crippen molar-refractivity contribution in [1.82, 2.24) is 14.6 Å². The highest BCUT2D eigenvalue weighted by Gasteiger charge is 2.31. The lowest BCUT2D eigenvalue weighted by Crippen LogP contribution is -2.49. The summed E-state index contributed by atoms with van der Waals surface area (Å²) in [6, 6.07) is -0.208. The molecule has 1 aromatic heterocycles. The molecule has 1 aromatic rings. The molecule has 26 heavy (non-hydrogen) atoms. The van der Waals surface area contributed by atoms with Gasteiger partial charge in [-0.15, -0.1) is 0 Å². The van der Waals surface area contributed by atoms with Crippen molar-refractivity contribution in [1.29, 1.82) is 0 Å². The van der Waals surface area contributed by atoms with Crippen LogP contribution in [0.3, 0.4) is 0 Å². The number of aromatic nitrogens is 1. The maximum Gasteiger partial charge on any atom is 0.340 e. The number of sulfonamides is 1. The van der Waals surface area contributed by atoms with Crippen LogP contribution in [0.5, 0.6) is 0 Å². The molecular weight excluding hydrogens is 358 g/mol. The molecule has 146 valence electrons. The first kappa shape index (κ1) is 20.4. The van der Waals surface area contributed by atoms with Gasteiger partial charge in [0.1, 0.15) is 5.69 Å². The van der Waals surface area contributed by atoms with E-state index in [9.17, 15) is 18.0 Å². The molecule has 2 heterocycles. The number of aromatic amines is 1. The number of hydrogen-bond acceptors (Lipinski definition) is 5. The van der Waals surface area contributed by atoms with E-state index >= 15 is 0 Å². The number of ether oxygens (including phenoxy) is 1. The Labute approximate surface area is 154 Å². The zero-order valence-corrected chi connectivity index (χ0v) is 16.5. The van der Waals surface area contributed by atoms with Gasteiger partial charge in [0.25, 0.3) is 5.91 Å². The Kier molecular flexibility index (Phi) is 6.46. The number of carbonyl (C=O) groups is 2. The third-order valence-corrected chi connectivity index (χ3v) is 5.29. The zero-order chi connectivity index (χ0) is 19.5. The lowest BCUT2D eigenvalue weighted by Gasteiger charge is -2.35. The number of rotatable bonds is 6. The second kappa shape index (κ2) is 8.22. The first-order valence-corrected chi connectivity index (χ1v) is 10.7. The number of piperidine rings is 1. The highest BCUT2D eigenvalue weighted by molar-refractivity contribution is 7.88. The van der Waals surface area contributed by atoms with Crippen molar-refractivity contribution in [3.8, 4) is 0 Å². The van der Waals surface area contributed by atoms with Gasteiger partial charge in [-0.25, -0.2) is 17.9 Å². The smallest absolute Gasteiger partial charge is 0.340 e. The molecule has 1 saturated heterocycles. The molecule has 2 N–H and O–H groups in total. The third kappa shape index (κ3) is 4.64. The summed E-state index contributed by atoms with van der Waals surface area (Å²) >= 11 is 0. The molecule has 0 spiro atoms. The predicted molar refractivity (Wildman–Crippen MR) is 97.7 cm³/mol. The van der Waals surface area contributed by atoms with Crippen molar-refractivity contribution in [3.63, 3.8) is 0 Å². The molecule has 1 atom stereocenters. The molecule has 9 heteroatoms. The van der Waals surface area contributed by atoms with Gasteiger partial charge in [0.15, 0.2) is 0 Å². The van der Waals surface area contributed by atoms with Gasteiger partial charge in [0.2, 0.25) is 10.0 Å². The first-order valence-electron chi connectivity index (χ1n) is 8.77. The largest absolute Gasteiger partial charge is 0.462 e. The van der Waals surface area contributed by atoms with Crippen molar-refractivity contribution in [2.75, 3.05) is 26.0 Å². The summed E-state index contributed by atoms with van der Waals surface area (Å²) in [5.74, 6) is -0.673. The normalized spacial score (nSPS) is 18.0. The van der Waals surface area contributed by atoms with Crippen LogP contribution in [0.1, 0.15) is 58.3 Å². The maximum atomic E-state index is 13.1. The fourth-order valence-electron chi connectivity index (χ4n) is 3.34. The molecule has 1 aliphatic rings. The Morgan fingerprint density at radius 2 is 2.00 bits per heavy atom. The van der Waals surface area contributed by atoms with Gasteiger partial charge in [-0.3, -0.25) is 4.79 Å². The van der Waals surface area contributed by atoms with E-state index in [0.717, 1.165) is 25.5 Å². The van der Waals surface area contributed by atoms with E-state index in [1.807, 2.05) is 0 Å². The fraction of sp³-hybridized carbons (Fsp3) is 0.647. The van der Waals surface area contributed by atoms with Gasteiger partial charge in [-0.1, -0.05) is 0 Å². The van der Waals surface area contributed by atoms with Crippen LogP contribution in [0.4, 0.5) is 0 Å². The fourth-order valence-corrected chi connectivity index (χ4v) is 3.84. The quantitative estimate of drug-likeness (QED) is 0.719. The number of nitrogens with one attached hydrogen (secondary N) is 2. The Hall–Kier alpha value is -1.87. The molecule has 0 aromatic carbocycles. The SMILES string of the molecule is CCOC(=O)c1c(C)[nH]c(C(=O)N2CCCCC2CNS(C)(=O)=O)c1C. The van der Waals surface area contributed by atoms with Gasteiger partial charge >= 0.3 is 5.97 Å². The van der Waals surface area contributed by atoms with Crippen molar-refractivity contribution < 1.29 is 22.7 Å². The van der Waals surface area contributed by atoms with Crippen molar-refractivity contribution in [2.24, 2.45) is 0 Å². The van der Waals surface area contributed by atoms with E-state index in [4.69, 9.17) is 4.74 Å². The average Bonchev–Trinajstić information content (AvgIpc) is 2.86. The van der Waals surface area contributed by atoms with Gasteiger partial charge in [0, 0.05) is 24.8 Å². The van der Waals surface area contributed by atoms with E-state index in [0.29, 0.717) is 29.1 Å². The Morgan fingerprint density at radius 1 is 1.31 bits per heavy atom. The molecule has 0 bridgehead atoms. The lowest BCUT2D eigenvalue weighted by molar-refractivity contribution is 0.0525. The number of carbonyl (C=O) groups excluding carboxylic acids is 2. The molecule has 0 aliphatic carbocycles. The second-order valence-corrected chi connectivity index (χ2v) is 8.45. The van der Waals surface area contributed by atoms with Crippen molar-refractivity contribution >= 4 is 21.9 Å². The van der Waals surface area contributed by atoms with Crippen LogP contribution in [0.15, 0.2) is 0 Å². The molecule has 2 rings (SSSR count). The van der Waals surface area contributed by atoms with Crippen LogP contribution in [0.2, 0.25) is 0 Å².